The van der Waals surface area contributed by atoms with E-state index < -0.39 is 0 Å². The van der Waals surface area contributed by atoms with Crippen LogP contribution in [0.1, 0.15) is 30.9 Å². The van der Waals surface area contributed by atoms with Crippen LogP contribution in [0, 0.1) is 0 Å². The molecule has 1 amide bonds. The van der Waals surface area contributed by atoms with Crippen molar-refractivity contribution in [2.45, 2.75) is 32.9 Å². The van der Waals surface area contributed by atoms with Gasteiger partial charge in [-0.1, -0.05) is 24.3 Å². The Bertz CT molecular complexity index is 355. The molecular weight excluding hydrogens is 264 g/mol. The van der Waals surface area contributed by atoms with E-state index >= 15 is 0 Å². The molecule has 4 nitrogen and oxygen atoms in total. The molecule has 19 heavy (non-hydrogen) atoms. The van der Waals surface area contributed by atoms with E-state index in [0.29, 0.717) is 26.1 Å². The van der Waals surface area contributed by atoms with Crippen molar-refractivity contribution in [2.75, 3.05) is 13.2 Å². The van der Waals surface area contributed by atoms with Gasteiger partial charge in [-0.15, -0.1) is 12.4 Å². The third-order valence-electron chi connectivity index (χ3n) is 2.59. The summed E-state index contributed by atoms with van der Waals surface area (Å²) in [5.74, 6) is 0.0545. The number of halogens is 1. The molecule has 0 atom stereocenters. The molecule has 0 aromatic heterocycles. The molecule has 0 aliphatic carbocycles. The van der Waals surface area contributed by atoms with Crippen LogP contribution in [-0.4, -0.2) is 19.1 Å². The van der Waals surface area contributed by atoms with E-state index in [1.54, 1.807) is 0 Å². The molecule has 0 saturated heterocycles. The quantitative estimate of drug-likeness (QED) is 0.768. The Hall–Kier alpha value is -1.10. The van der Waals surface area contributed by atoms with Gasteiger partial charge >= 0.3 is 0 Å². The van der Waals surface area contributed by atoms with Crippen LogP contribution in [0.4, 0.5) is 0 Å². The first kappa shape index (κ1) is 17.9. The van der Waals surface area contributed by atoms with Gasteiger partial charge in [0, 0.05) is 19.6 Å². The minimum Gasteiger partial charge on any atom is -0.377 e. The zero-order chi connectivity index (χ0) is 13.2. The smallest absolute Gasteiger partial charge is 0.220 e. The van der Waals surface area contributed by atoms with Gasteiger partial charge < -0.3 is 15.8 Å². The SMILES string of the molecule is CCOCc1ccc(CNC(=O)CCCN)cc1.Cl. The summed E-state index contributed by atoms with van der Waals surface area (Å²) in [5.41, 5.74) is 7.59. The lowest BCUT2D eigenvalue weighted by atomic mass is 10.1. The van der Waals surface area contributed by atoms with Gasteiger partial charge in [0.1, 0.15) is 0 Å². The van der Waals surface area contributed by atoms with Gasteiger partial charge in [-0.25, -0.2) is 0 Å². The molecule has 0 spiro atoms. The van der Waals surface area contributed by atoms with Gasteiger partial charge in [-0.05, 0) is 31.0 Å². The molecule has 0 unspecified atom stereocenters. The van der Waals surface area contributed by atoms with Crippen LogP contribution < -0.4 is 11.1 Å². The molecule has 0 aliphatic heterocycles. The topological polar surface area (TPSA) is 64.3 Å². The first-order valence-corrected chi connectivity index (χ1v) is 6.38. The van der Waals surface area contributed by atoms with E-state index in [-0.39, 0.29) is 18.3 Å². The third-order valence-corrected chi connectivity index (χ3v) is 2.59. The first-order chi connectivity index (χ1) is 8.76. The molecule has 0 heterocycles. The number of carbonyl (C=O) groups excluding carboxylic acids is 1. The molecular formula is C14H23ClN2O2. The largest absolute Gasteiger partial charge is 0.377 e. The highest BCUT2D eigenvalue weighted by Gasteiger charge is 2.00. The molecule has 0 saturated carbocycles. The fraction of sp³-hybridized carbons (Fsp3) is 0.500. The summed E-state index contributed by atoms with van der Waals surface area (Å²) in [6, 6.07) is 8.07. The van der Waals surface area contributed by atoms with Gasteiger partial charge in [0.05, 0.1) is 6.61 Å². The second-order valence-electron chi connectivity index (χ2n) is 4.12. The van der Waals surface area contributed by atoms with Gasteiger partial charge in [0.2, 0.25) is 5.91 Å². The van der Waals surface area contributed by atoms with E-state index in [2.05, 4.69) is 5.32 Å². The monoisotopic (exact) mass is 286 g/mol. The van der Waals surface area contributed by atoms with Crippen molar-refractivity contribution in [3.63, 3.8) is 0 Å². The number of nitrogens with two attached hydrogens (primary N) is 1. The number of nitrogens with one attached hydrogen (secondary N) is 1. The molecule has 0 aliphatic rings. The number of rotatable bonds is 8. The first-order valence-electron chi connectivity index (χ1n) is 6.38. The molecule has 0 radical (unpaired) electrons. The minimum atomic E-state index is 0. The third kappa shape index (κ3) is 7.82. The van der Waals surface area contributed by atoms with Crippen LogP contribution >= 0.6 is 12.4 Å². The average molecular weight is 287 g/mol. The fourth-order valence-corrected chi connectivity index (χ4v) is 1.52. The van der Waals surface area contributed by atoms with E-state index in [9.17, 15) is 4.79 Å². The summed E-state index contributed by atoms with van der Waals surface area (Å²) in [5, 5.41) is 2.87. The van der Waals surface area contributed by atoms with Crippen molar-refractivity contribution in [3.8, 4) is 0 Å². The maximum Gasteiger partial charge on any atom is 0.220 e. The molecule has 1 aromatic rings. The normalized spacial score (nSPS) is 9.79. The summed E-state index contributed by atoms with van der Waals surface area (Å²) in [6.07, 6.45) is 1.23. The number of amides is 1. The molecule has 5 heteroatoms. The van der Waals surface area contributed by atoms with Gasteiger partial charge in [-0.2, -0.15) is 0 Å². The zero-order valence-electron chi connectivity index (χ0n) is 11.4. The zero-order valence-corrected chi connectivity index (χ0v) is 12.2. The summed E-state index contributed by atoms with van der Waals surface area (Å²) in [6.45, 7) is 4.46. The van der Waals surface area contributed by atoms with Gasteiger partial charge in [0.15, 0.2) is 0 Å². The number of ether oxygens (including phenoxy) is 1. The summed E-state index contributed by atoms with van der Waals surface area (Å²) in [4.78, 5) is 11.4. The number of benzene rings is 1. The lowest BCUT2D eigenvalue weighted by Crippen LogP contribution is -2.23. The van der Waals surface area contributed by atoms with Crippen molar-refractivity contribution in [1.29, 1.82) is 0 Å². The van der Waals surface area contributed by atoms with Crippen molar-refractivity contribution < 1.29 is 9.53 Å². The average Bonchev–Trinajstić information content (AvgIpc) is 2.41. The summed E-state index contributed by atoms with van der Waals surface area (Å²) < 4.78 is 5.32. The Balaban J connectivity index is 0.00000324. The second-order valence-corrected chi connectivity index (χ2v) is 4.12. The maximum absolute atomic E-state index is 11.4. The van der Waals surface area contributed by atoms with Crippen LogP contribution in [0.3, 0.4) is 0 Å². The minimum absolute atomic E-state index is 0. The summed E-state index contributed by atoms with van der Waals surface area (Å²) >= 11 is 0. The van der Waals surface area contributed by atoms with E-state index in [1.807, 2.05) is 31.2 Å². The van der Waals surface area contributed by atoms with E-state index in [4.69, 9.17) is 10.5 Å². The Kier molecular flexibility index (Phi) is 10.2. The number of carbonyl (C=O) groups is 1. The Morgan fingerprint density at radius 3 is 2.47 bits per heavy atom. The van der Waals surface area contributed by atoms with Gasteiger partial charge in [-0.3, -0.25) is 4.79 Å². The molecule has 0 bridgehead atoms. The molecule has 3 N–H and O–H groups in total. The molecule has 1 rings (SSSR count). The van der Waals surface area contributed by atoms with Crippen molar-refractivity contribution in [3.05, 3.63) is 35.4 Å². The van der Waals surface area contributed by atoms with Crippen LogP contribution in [-0.2, 0) is 22.7 Å². The van der Waals surface area contributed by atoms with Gasteiger partial charge in [0.25, 0.3) is 0 Å². The highest BCUT2D eigenvalue weighted by atomic mass is 35.5. The highest BCUT2D eigenvalue weighted by Crippen LogP contribution is 2.05. The molecule has 108 valence electrons. The van der Waals surface area contributed by atoms with Crippen LogP contribution in [0.25, 0.3) is 0 Å². The number of hydrogen-bond donors (Lipinski definition) is 2. The lowest BCUT2D eigenvalue weighted by Gasteiger charge is -2.06. The Morgan fingerprint density at radius 1 is 1.26 bits per heavy atom. The Labute approximate surface area is 121 Å². The maximum atomic E-state index is 11.4. The van der Waals surface area contributed by atoms with Crippen molar-refractivity contribution in [1.82, 2.24) is 5.32 Å². The van der Waals surface area contributed by atoms with Crippen LogP contribution in [0.15, 0.2) is 24.3 Å². The standard InChI is InChI=1S/C14H22N2O2.ClH/c1-2-18-11-13-7-5-12(6-8-13)10-16-14(17)4-3-9-15;/h5-8H,2-4,9-11,15H2,1H3,(H,16,17);1H. The van der Waals surface area contributed by atoms with E-state index in [1.165, 1.54) is 0 Å². The fourth-order valence-electron chi connectivity index (χ4n) is 1.52. The highest BCUT2D eigenvalue weighted by molar-refractivity contribution is 5.85. The molecule has 0 fully saturated rings. The van der Waals surface area contributed by atoms with Crippen molar-refractivity contribution >= 4 is 18.3 Å². The second kappa shape index (κ2) is 10.8. The van der Waals surface area contributed by atoms with Crippen LogP contribution in [0.2, 0.25) is 0 Å². The summed E-state index contributed by atoms with van der Waals surface area (Å²) in [7, 11) is 0. The van der Waals surface area contributed by atoms with Crippen molar-refractivity contribution in [2.24, 2.45) is 5.73 Å². The van der Waals surface area contributed by atoms with Crippen LogP contribution in [0.5, 0.6) is 0 Å². The Morgan fingerprint density at radius 2 is 1.89 bits per heavy atom. The predicted octanol–water partition coefficient (Wildman–Crippen LogP) is 2.00. The predicted molar refractivity (Wildman–Crippen MR) is 79.2 cm³/mol. The molecule has 1 aromatic carbocycles. The van der Waals surface area contributed by atoms with E-state index in [0.717, 1.165) is 24.2 Å². The lowest BCUT2D eigenvalue weighted by molar-refractivity contribution is -0.121. The number of hydrogen-bond acceptors (Lipinski definition) is 3.